The maximum atomic E-state index is 8.99. The molecular weight excluding hydrogens is 330 g/mol. The lowest BCUT2D eigenvalue weighted by molar-refractivity contribution is 0.313. The van der Waals surface area contributed by atoms with Gasteiger partial charge in [0, 0.05) is 28.8 Å². The Morgan fingerprint density at radius 3 is 2.62 bits per heavy atom. The molecule has 0 heterocycles. The lowest BCUT2D eigenvalue weighted by Crippen LogP contribution is -2.36. The zero-order chi connectivity index (χ0) is 15.4. The highest BCUT2D eigenvalue weighted by molar-refractivity contribution is 9.10. The van der Waals surface area contributed by atoms with Crippen LogP contribution in [0.15, 0.2) is 27.8 Å². The number of nitrogens with zero attached hydrogens (tertiary/aromatic N) is 2. The standard InChI is InChI=1S/C16H24BrN3O/c1-3-11-4-7-13(8-5-11)20(2)15-9-6-12(17)10-14(15)16(18)19-21/h6,9-11,13,21H,3-5,7-8H2,1-2H3,(H2,18,19). The predicted octanol–water partition coefficient (Wildman–Crippen LogP) is 3.95. The number of nitrogens with two attached hydrogens (primary N) is 1. The highest BCUT2D eigenvalue weighted by atomic mass is 79.9. The molecule has 21 heavy (non-hydrogen) atoms. The second-order valence-electron chi connectivity index (χ2n) is 5.84. The molecule has 1 aliphatic carbocycles. The van der Waals surface area contributed by atoms with Crippen molar-refractivity contribution in [2.75, 3.05) is 11.9 Å². The van der Waals surface area contributed by atoms with Crippen molar-refractivity contribution in [3.05, 3.63) is 28.2 Å². The van der Waals surface area contributed by atoms with Crippen LogP contribution in [-0.4, -0.2) is 24.1 Å². The van der Waals surface area contributed by atoms with Gasteiger partial charge in [0.1, 0.15) is 0 Å². The summed E-state index contributed by atoms with van der Waals surface area (Å²) in [7, 11) is 2.11. The third-order valence-electron chi connectivity index (χ3n) is 4.66. The molecule has 116 valence electrons. The van der Waals surface area contributed by atoms with Gasteiger partial charge in [-0.2, -0.15) is 0 Å². The van der Waals surface area contributed by atoms with E-state index in [2.05, 4.69) is 40.0 Å². The molecule has 0 saturated heterocycles. The number of benzene rings is 1. The van der Waals surface area contributed by atoms with Gasteiger partial charge in [-0.15, -0.1) is 0 Å². The molecule has 5 heteroatoms. The number of amidine groups is 1. The molecule has 1 aromatic carbocycles. The van der Waals surface area contributed by atoms with Gasteiger partial charge >= 0.3 is 0 Å². The predicted molar refractivity (Wildman–Crippen MR) is 91.1 cm³/mol. The van der Waals surface area contributed by atoms with E-state index in [0.29, 0.717) is 6.04 Å². The highest BCUT2D eigenvalue weighted by Crippen LogP contribution is 2.33. The van der Waals surface area contributed by atoms with Gasteiger partial charge < -0.3 is 15.8 Å². The molecule has 4 nitrogen and oxygen atoms in total. The molecule has 0 amide bonds. The third-order valence-corrected chi connectivity index (χ3v) is 5.16. The van der Waals surface area contributed by atoms with Crippen molar-refractivity contribution in [3.8, 4) is 0 Å². The molecule has 0 spiro atoms. The molecule has 1 aromatic rings. The summed E-state index contributed by atoms with van der Waals surface area (Å²) in [4.78, 5) is 2.28. The summed E-state index contributed by atoms with van der Waals surface area (Å²) in [6.07, 6.45) is 6.29. The number of anilines is 1. The molecule has 0 bridgehead atoms. The fourth-order valence-electron chi connectivity index (χ4n) is 3.21. The van der Waals surface area contributed by atoms with Crippen molar-refractivity contribution in [3.63, 3.8) is 0 Å². The summed E-state index contributed by atoms with van der Waals surface area (Å²) < 4.78 is 0.927. The van der Waals surface area contributed by atoms with Crippen molar-refractivity contribution in [1.29, 1.82) is 0 Å². The maximum absolute atomic E-state index is 8.99. The van der Waals surface area contributed by atoms with Crippen LogP contribution in [0.25, 0.3) is 0 Å². The van der Waals surface area contributed by atoms with Crippen LogP contribution in [0, 0.1) is 5.92 Å². The molecule has 0 unspecified atom stereocenters. The molecular formula is C16H24BrN3O. The number of hydrogen-bond acceptors (Lipinski definition) is 3. The minimum absolute atomic E-state index is 0.153. The molecule has 0 aromatic heterocycles. The van der Waals surface area contributed by atoms with Crippen LogP contribution in [0.2, 0.25) is 0 Å². The van der Waals surface area contributed by atoms with Crippen molar-refractivity contribution in [1.82, 2.24) is 0 Å². The molecule has 0 aliphatic heterocycles. The van der Waals surface area contributed by atoms with E-state index >= 15 is 0 Å². The largest absolute Gasteiger partial charge is 0.409 e. The van der Waals surface area contributed by atoms with Crippen LogP contribution in [0.5, 0.6) is 0 Å². The van der Waals surface area contributed by atoms with Crippen LogP contribution < -0.4 is 10.6 Å². The highest BCUT2D eigenvalue weighted by Gasteiger charge is 2.25. The van der Waals surface area contributed by atoms with Crippen LogP contribution >= 0.6 is 15.9 Å². The van der Waals surface area contributed by atoms with Gasteiger partial charge in [-0.1, -0.05) is 34.4 Å². The van der Waals surface area contributed by atoms with E-state index in [4.69, 9.17) is 10.9 Å². The summed E-state index contributed by atoms with van der Waals surface area (Å²) in [5.74, 6) is 1.03. The molecule has 1 aliphatic rings. The van der Waals surface area contributed by atoms with E-state index in [0.717, 1.165) is 21.6 Å². The molecule has 1 fully saturated rings. The van der Waals surface area contributed by atoms with Crippen molar-refractivity contribution in [2.45, 2.75) is 45.1 Å². The Morgan fingerprint density at radius 1 is 1.38 bits per heavy atom. The minimum atomic E-state index is 0.153. The lowest BCUT2D eigenvalue weighted by atomic mass is 9.84. The number of halogens is 1. The van der Waals surface area contributed by atoms with E-state index in [1.54, 1.807) is 0 Å². The molecule has 0 radical (unpaired) electrons. The van der Waals surface area contributed by atoms with Crippen molar-refractivity contribution in [2.24, 2.45) is 16.8 Å². The Bertz CT molecular complexity index is 510. The lowest BCUT2D eigenvalue weighted by Gasteiger charge is -2.36. The smallest absolute Gasteiger partial charge is 0.172 e. The van der Waals surface area contributed by atoms with Gasteiger partial charge in [0.2, 0.25) is 0 Å². The first-order chi connectivity index (χ1) is 10.1. The van der Waals surface area contributed by atoms with E-state index in [-0.39, 0.29) is 5.84 Å². The molecule has 3 N–H and O–H groups in total. The summed E-state index contributed by atoms with van der Waals surface area (Å²) in [6.45, 7) is 2.28. The van der Waals surface area contributed by atoms with Crippen molar-refractivity contribution >= 4 is 27.5 Å². The summed E-state index contributed by atoms with van der Waals surface area (Å²) in [5, 5.41) is 12.2. The van der Waals surface area contributed by atoms with Crippen LogP contribution in [0.3, 0.4) is 0 Å². The number of hydrogen-bond donors (Lipinski definition) is 2. The fourth-order valence-corrected chi connectivity index (χ4v) is 3.57. The van der Waals surface area contributed by atoms with Gasteiger partial charge in [0.05, 0.1) is 0 Å². The van der Waals surface area contributed by atoms with E-state index < -0.39 is 0 Å². The Hall–Kier alpha value is -1.23. The van der Waals surface area contributed by atoms with Crippen molar-refractivity contribution < 1.29 is 5.21 Å². The van der Waals surface area contributed by atoms with Gasteiger partial charge in [0.15, 0.2) is 5.84 Å². The first kappa shape index (κ1) is 16.1. The number of rotatable bonds is 4. The van der Waals surface area contributed by atoms with Gasteiger partial charge in [-0.25, -0.2) is 0 Å². The Labute approximate surface area is 135 Å². The van der Waals surface area contributed by atoms with Gasteiger partial charge in [-0.3, -0.25) is 0 Å². The summed E-state index contributed by atoms with van der Waals surface area (Å²) >= 11 is 3.45. The zero-order valence-electron chi connectivity index (χ0n) is 12.7. The minimum Gasteiger partial charge on any atom is -0.409 e. The van der Waals surface area contributed by atoms with Crippen LogP contribution in [-0.2, 0) is 0 Å². The summed E-state index contributed by atoms with van der Waals surface area (Å²) in [6, 6.07) is 6.46. The first-order valence-electron chi connectivity index (χ1n) is 7.57. The normalized spacial score (nSPS) is 23.1. The Morgan fingerprint density at radius 2 is 2.05 bits per heavy atom. The monoisotopic (exact) mass is 353 g/mol. The Balaban J connectivity index is 2.21. The molecule has 1 saturated carbocycles. The van der Waals surface area contributed by atoms with E-state index in [1.165, 1.54) is 32.1 Å². The second kappa shape index (κ2) is 7.16. The quantitative estimate of drug-likeness (QED) is 0.373. The number of oxime groups is 1. The van der Waals surface area contributed by atoms with Gasteiger partial charge in [0.25, 0.3) is 0 Å². The average Bonchev–Trinajstić information content (AvgIpc) is 2.53. The van der Waals surface area contributed by atoms with E-state index in [9.17, 15) is 0 Å². The maximum Gasteiger partial charge on any atom is 0.172 e. The molecule has 2 rings (SSSR count). The van der Waals surface area contributed by atoms with Gasteiger partial charge in [-0.05, 0) is 49.8 Å². The third kappa shape index (κ3) is 3.70. The van der Waals surface area contributed by atoms with Crippen LogP contribution in [0.1, 0.15) is 44.6 Å². The molecule has 0 atom stereocenters. The first-order valence-corrected chi connectivity index (χ1v) is 8.36. The summed E-state index contributed by atoms with van der Waals surface area (Å²) in [5.41, 5.74) is 7.62. The van der Waals surface area contributed by atoms with E-state index in [1.807, 2.05) is 18.2 Å². The SMILES string of the molecule is CCC1CCC(N(C)c2ccc(Br)cc2/C(N)=N/O)CC1. The Kier molecular flexibility index (Phi) is 5.51. The van der Waals surface area contributed by atoms with Crippen LogP contribution in [0.4, 0.5) is 5.69 Å². The topological polar surface area (TPSA) is 61.8 Å². The average molecular weight is 354 g/mol. The zero-order valence-corrected chi connectivity index (χ0v) is 14.3. The fraction of sp³-hybridized carbons (Fsp3) is 0.562. The second-order valence-corrected chi connectivity index (χ2v) is 6.76.